The van der Waals surface area contributed by atoms with Crippen LogP contribution in [0.25, 0.3) is 5.69 Å². The number of hydrogen-bond acceptors (Lipinski definition) is 6. The van der Waals surface area contributed by atoms with Gasteiger partial charge in [0.1, 0.15) is 11.4 Å². The van der Waals surface area contributed by atoms with Gasteiger partial charge < -0.3 is 24.8 Å². The molecule has 0 aliphatic carbocycles. The van der Waals surface area contributed by atoms with Gasteiger partial charge in [0.15, 0.2) is 5.11 Å². The third-order valence-corrected chi connectivity index (χ3v) is 7.96. The number of pyridine rings is 1. The molecule has 2 unspecified atom stereocenters. The lowest BCUT2D eigenvalue weighted by molar-refractivity contribution is -0.384. The fourth-order valence-electron chi connectivity index (χ4n) is 5.56. The number of aryl methyl sites for hydroxylation is 2. The lowest BCUT2D eigenvalue weighted by Gasteiger charge is -2.28. The van der Waals surface area contributed by atoms with Crippen molar-refractivity contribution in [3.8, 4) is 11.4 Å². The molecule has 1 saturated heterocycles. The Bertz CT molecular complexity index is 1650. The first-order valence-electron chi connectivity index (χ1n) is 13.5. The molecule has 11 heteroatoms. The number of amides is 1. The molecule has 42 heavy (non-hydrogen) atoms. The minimum atomic E-state index is -0.404. The van der Waals surface area contributed by atoms with Crippen molar-refractivity contribution in [1.82, 2.24) is 19.8 Å². The SMILES string of the molecule is COc1ccc(-n2c(C)cc(C3C(c4ccccn4)NC(=S)N3CCC(=O)Nc3ccccc3C)c2C)c([N+](=O)[O-])c1. The van der Waals surface area contributed by atoms with Gasteiger partial charge in [-0.25, -0.2) is 0 Å². The van der Waals surface area contributed by atoms with Crippen LogP contribution in [0.2, 0.25) is 0 Å². The van der Waals surface area contributed by atoms with E-state index in [1.165, 1.54) is 13.2 Å². The van der Waals surface area contributed by atoms with Crippen molar-refractivity contribution >= 4 is 34.6 Å². The summed E-state index contributed by atoms with van der Waals surface area (Å²) in [6.45, 7) is 6.17. The molecular weight excluding hydrogens is 552 g/mol. The molecule has 0 spiro atoms. The zero-order chi connectivity index (χ0) is 30.0. The Labute approximate surface area is 249 Å². The predicted molar refractivity (Wildman–Crippen MR) is 165 cm³/mol. The van der Waals surface area contributed by atoms with E-state index < -0.39 is 4.92 Å². The van der Waals surface area contributed by atoms with E-state index in [1.807, 2.05) is 78.8 Å². The monoisotopic (exact) mass is 584 g/mol. The number of thiocarbonyl (C=S) groups is 1. The van der Waals surface area contributed by atoms with Crippen LogP contribution in [0, 0.1) is 30.9 Å². The molecule has 2 N–H and O–H groups in total. The second-order valence-electron chi connectivity index (χ2n) is 10.2. The Balaban J connectivity index is 1.52. The van der Waals surface area contributed by atoms with Crippen LogP contribution in [0.4, 0.5) is 11.4 Å². The molecule has 0 saturated carbocycles. The maximum atomic E-state index is 13.0. The fourth-order valence-corrected chi connectivity index (χ4v) is 5.89. The molecule has 10 nitrogen and oxygen atoms in total. The Morgan fingerprint density at radius 2 is 1.88 bits per heavy atom. The third-order valence-electron chi connectivity index (χ3n) is 7.61. The summed E-state index contributed by atoms with van der Waals surface area (Å²) in [5.41, 5.74) is 5.52. The maximum absolute atomic E-state index is 13.0. The summed E-state index contributed by atoms with van der Waals surface area (Å²) in [5, 5.41) is 19.0. The van der Waals surface area contributed by atoms with Gasteiger partial charge in [-0.15, -0.1) is 0 Å². The second kappa shape index (κ2) is 12.0. The van der Waals surface area contributed by atoms with Crippen LogP contribution < -0.4 is 15.4 Å². The van der Waals surface area contributed by atoms with E-state index in [4.69, 9.17) is 17.0 Å². The van der Waals surface area contributed by atoms with Gasteiger partial charge in [-0.1, -0.05) is 24.3 Å². The van der Waals surface area contributed by atoms with E-state index in [2.05, 4.69) is 15.6 Å². The summed E-state index contributed by atoms with van der Waals surface area (Å²) in [4.78, 5) is 31.2. The minimum absolute atomic E-state index is 0.0613. The number of carbonyl (C=O) groups is 1. The summed E-state index contributed by atoms with van der Waals surface area (Å²) >= 11 is 5.80. The zero-order valence-corrected chi connectivity index (χ0v) is 24.6. The number of benzene rings is 2. The number of nitro benzene ring substituents is 1. The van der Waals surface area contributed by atoms with E-state index in [0.29, 0.717) is 23.1 Å². The van der Waals surface area contributed by atoms with Crippen molar-refractivity contribution in [1.29, 1.82) is 0 Å². The molecule has 2 atom stereocenters. The lowest BCUT2D eigenvalue weighted by Crippen LogP contribution is -2.33. The first-order valence-corrected chi connectivity index (χ1v) is 14.0. The maximum Gasteiger partial charge on any atom is 0.296 e. The first-order chi connectivity index (χ1) is 20.2. The average Bonchev–Trinajstić information content (AvgIpc) is 3.47. The third kappa shape index (κ3) is 5.55. The average molecular weight is 585 g/mol. The minimum Gasteiger partial charge on any atom is -0.496 e. The van der Waals surface area contributed by atoms with Gasteiger partial charge in [-0.05, 0) is 80.5 Å². The summed E-state index contributed by atoms with van der Waals surface area (Å²) in [6, 6.07) is 19.6. The molecule has 1 aliphatic rings. The van der Waals surface area contributed by atoms with Crippen LogP contribution in [0.1, 0.15) is 46.7 Å². The molecule has 1 aliphatic heterocycles. The molecule has 0 bridgehead atoms. The highest BCUT2D eigenvalue weighted by atomic mass is 32.1. The Kier molecular flexibility index (Phi) is 8.21. The summed E-state index contributed by atoms with van der Waals surface area (Å²) < 4.78 is 7.12. The Morgan fingerprint density at radius 1 is 1.12 bits per heavy atom. The largest absolute Gasteiger partial charge is 0.496 e. The first kappa shape index (κ1) is 28.7. The number of para-hydroxylation sites is 1. The molecule has 5 rings (SSSR count). The molecule has 216 valence electrons. The van der Waals surface area contributed by atoms with Gasteiger partial charge in [0, 0.05) is 36.2 Å². The number of nitro groups is 1. The topological polar surface area (TPSA) is 115 Å². The lowest BCUT2D eigenvalue weighted by atomic mass is 9.96. The van der Waals surface area contributed by atoms with Crippen LogP contribution in [0.5, 0.6) is 5.75 Å². The van der Waals surface area contributed by atoms with Crippen LogP contribution >= 0.6 is 12.2 Å². The molecule has 3 heterocycles. The van der Waals surface area contributed by atoms with Gasteiger partial charge in [-0.2, -0.15) is 0 Å². The summed E-state index contributed by atoms with van der Waals surface area (Å²) in [5.74, 6) is 0.287. The van der Waals surface area contributed by atoms with E-state index in [-0.39, 0.29) is 30.1 Å². The molecule has 2 aromatic carbocycles. The van der Waals surface area contributed by atoms with Crippen molar-refractivity contribution in [2.24, 2.45) is 0 Å². The van der Waals surface area contributed by atoms with Crippen molar-refractivity contribution in [2.75, 3.05) is 19.0 Å². The number of nitrogens with zero attached hydrogens (tertiary/aromatic N) is 4. The van der Waals surface area contributed by atoms with E-state index >= 15 is 0 Å². The van der Waals surface area contributed by atoms with Gasteiger partial charge in [0.25, 0.3) is 5.69 Å². The van der Waals surface area contributed by atoms with Crippen LogP contribution in [-0.2, 0) is 4.79 Å². The van der Waals surface area contributed by atoms with Crippen LogP contribution in [-0.4, -0.2) is 44.0 Å². The second-order valence-corrected chi connectivity index (χ2v) is 10.6. The van der Waals surface area contributed by atoms with Gasteiger partial charge in [0.05, 0.1) is 35.9 Å². The van der Waals surface area contributed by atoms with Crippen molar-refractivity contribution in [3.05, 3.63) is 111 Å². The van der Waals surface area contributed by atoms with Crippen molar-refractivity contribution < 1.29 is 14.5 Å². The number of methoxy groups -OCH3 is 1. The highest BCUT2D eigenvalue weighted by molar-refractivity contribution is 7.80. The summed E-state index contributed by atoms with van der Waals surface area (Å²) in [6.07, 6.45) is 1.95. The fraction of sp³-hybridized carbons (Fsp3) is 0.258. The number of rotatable bonds is 9. The molecule has 2 aromatic heterocycles. The number of nitrogens with one attached hydrogen (secondary N) is 2. The number of anilines is 1. The Morgan fingerprint density at radius 3 is 2.57 bits per heavy atom. The van der Waals surface area contributed by atoms with Gasteiger partial charge in [0.2, 0.25) is 5.91 Å². The van der Waals surface area contributed by atoms with E-state index in [9.17, 15) is 14.9 Å². The number of ether oxygens (including phenoxy) is 1. The molecular formula is C31H32N6O4S. The number of hydrogen-bond donors (Lipinski definition) is 2. The normalized spacial score (nSPS) is 16.3. The molecule has 4 aromatic rings. The zero-order valence-electron chi connectivity index (χ0n) is 23.8. The molecule has 1 fully saturated rings. The van der Waals surface area contributed by atoms with E-state index in [0.717, 1.165) is 33.9 Å². The molecule has 0 radical (unpaired) electrons. The Hall–Kier alpha value is -4.77. The quantitative estimate of drug-likeness (QED) is 0.146. The van der Waals surface area contributed by atoms with Crippen molar-refractivity contribution in [2.45, 2.75) is 39.3 Å². The predicted octanol–water partition coefficient (Wildman–Crippen LogP) is 5.72. The highest BCUT2D eigenvalue weighted by Crippen LogP contribution is 2.42. The van der Waals surface area contributed by atoms with Crippen LogP contribution in [0.3, 0.4) is 0 Å². The molecule has 1 amide bonds. The van der Waals surface area contributed by atoms with E-state index in [1.54, 1.807) is 18.3 Å². The van der Waals surface area contributed by atoms with Gasteiger partial charge >= 0.3 is 0 Å². The summed E-state index contributed by atoms with van der Waals surface area (Å²) in [7, 11) is 1.48. The number of aromatic nitrogens is 2. The smallest absolute Gasteiger partial charge is 0.296 e. The van der Waals surface area contributed by atoms with Gasteiger partial charge in [-0.3, -0.25) is 19.9 Å². The van der Waals surface area contributed by atoms with Crippen LogP contribution in [0.15, 0.2) is 72.9 Å². The standard InChI is InChI=1S/C31H32N6O4S/c1-19-9-5-6-10-24(19)33-28(38)14-16-35-30(29(34-31(35)42)25-11-7-8-15-32-25)23-17-20(2)36(21(23)3)26-13-12-22(41-4)18-27(26)37(39)40/h5-13,15,17-18,29-30H,14,16H2,1-4H3,(H,33,38)(H,34,42). The highest BCUT2D eigenvalue weighted by Gasteiger charge is 2.41. The van der Waals surface area contributed by atoms with Crippen molar-refractivity contribution in [3.63, 3.8) is 0 Å². The number of carbonyl (C=O) groups excluding carboxylic acids is 1.